The van der Waals surface area contributed by atoms with Gasteiger partial charge >= 0.3 is 5.97 Å². The average Bonchev–Trinajstić information content (AvgIpc) is 3.03. The highest BCUT2D eigenvalue weighted by Gasteiger charge is 2.32. The molecule has 7 nitrogen and oxygen atoms in total. The lowest BCUT2D eigenvalue weighted by Gasteiger charge is -2.14. The second kappa shape index (κ2) is 9.38. The number of halogens is 1. The van der Waals surface area contributed by atoms with E-state index < -0.39 is 17.8 Å². The van der Waals surface area contributed by atoms with Gasteiger partial charge in [0.1, 0.15) is 6.61 Å². The summed E-state index contributed by atoms with van der Waals surface area (Å²) in [7, 11) is 1.52. The molecule has 0 radical (unpaired) electrons. The minimum absolute atomic E-state index is 0.0460. The number of hydrogen-bond donors (Lipinski definition) is 0. The van der Waals surface area contributed by atoms with Crippen LogP contribution in [0, 0.1) is 0 Å². The molecule has 1 aliphatic rings. The highest BCUT2D eigenvalue weighted by Crippen LogP contribution is 2.37. The largest absolute Gasteiger partial charge is 0.493 e. The fourth-order valence-electron chi connectivity index (χ4n) is 2.65. The smallest absolute Gasteiger partial charge is 0.356 e. The van der Waals surface area contributed by atoms with Gasteiger partial charge in [0.15, 0.2) is 11.5 Å². The maximum atomic E-state index is 11.9. The molecule has 1 heterocycles. The van der Waals surface area contributed by atoms with E-state index in [1.165, 1.54) is 13.2 Å². The molecule has 0 aliphatic carbocycles. The number of imide groups is 1. The average molecular weight is 460 g/mol. The number of nitrogens with zero attached hydrogens (tertiary/aromatic N) is 1. The number of benzene rings is 2. The predicted molar refractivity (Wildman–Crippen MR) is 108 cm³/mol. The Kier molecular flexibility index (Phi) is 6.66. The molecule has 0 spiro atoms. The van der Waals surface area contributed by atoms with Gasteiger partial charge in [-0.2, -0.15) is 0 Å². The molecule has 8 heteroatoms. The van der Waals surface area contributed by atoms with Gasteiger partial charge in [0.05, 0.1) is 11.6 Å². The van der Waals surface area contributed by atoms with E-state index in [1.807, 2.05) is 30.3 Å². The summed E-state index contributed by atoms with van der Waals surface area (Å²) in [5.41, 5.74) is 1.65. The fraction of sp³-hybridized carbons (Fsp3) is 0.190. The van der Waals surface area contributed by atoms with Crippen LogP contribution in [0.3, 0.4) is 0 Å². The fourth-order valence-corrected chi connectivity index (χ4v) is 3.22. The van der Waals surface area contributed by atoms with Gasteiger partial charge < -0.3 is 14.3 Å². The van der Waals surface area contributed by atoms with Crippen LogP contribution in [0.1, 0.15) is 24.0 Å². The molecule has 2 aromatic rings. The maximum absolute atomic E-state index is 11.9. The van der Waals surface area contributed by atoms with E-state index >= 15 is 0 Å². The minimum atomic E-state index is -0.826. The van der Waals surface area contributed by atoms with Crippen molar-refractivity contribution in [3.8, 4) is 11.5 Å². The second-order valence-electron chi connectivity index (χ2n) is 6.13. The van der Waals surface area contributed by atoms with Gasteiger partial charge in [0.2, 0.25) is 0 Å². The Morgan fingerprint density at radius 1 is 1.14 bits per heavy atom. The van der Waals surface area contributed by atoms with Crippen LogP contribution in [-0.2, 0) is 25.8 Å². The molecule has 1 saturated heterocycles. The molecular weight excluding hydrogens is 442 g/mol. The summed E-state index contributed by atoms with van der Waals surface area (Å²) in [4.78, 5) is 39.7. The highest BCUT2D eigenvalue weighted by molar-refractivity contribution is 9.10. The van der Waals surface area contributed by atoms with Crippen molar-refractivity contribution >= 4 is 39.8 Å². The van der Waals surface area contributed by atoms with E-state index in [2.05, 4.69) is 15.9 Å². The summed E-state index contributed by atoms with van der Waals surface area (Å²) in [5, 5.41) is 0.504. The van der Waals surface area contributed by atoms with Gasteiger partial charge in [-0.1, -0.05) is 30.3 Å². The minimum Gasteiger partial charge on any atom is -0.493 e. The number of rotatable bonds is 7. The van der Waals surface area contributed by atoms with Crippen molar-refractivity contribution in [2.24, 2.45) is 0 Å². The van der Waals surface area contributed by atoms with Gasteiger partial charge in [-0.05, 0) is 45.3 Å². The van der Waals surface area contributed by atoms with E-state index in [0.717, 1.165) is 11.6 Å². The van der Waals surface area contributed by atoms with E-state index in [0.29, 0.717) is 33.2 Å². The molecule has 2 aromatic carbocycles. The van der Waals surface area contributed by atoms with Crippen LogP contribution >= 0.6 is 15.9 Å². The van der Waals surface area contributed by atoms with E-state index in [1.54, 1.807) is 12.1 Å². The molecule has 29 heavy (non-hydrogen) atoms. The zero-order chi connectivity index (χ0) is 20.8. The molecule has 0 aromatic heterocycles. The van der Waals surface area contributed by atoms with Gasteiger partial charge in [-0.3, -0.25) is 9.59 Å². The standard InChI is InChI=1S/C21H18BrNO6/c1-27-17-12-15(7-10-20(26)29-23-18(24)8-9-19(23)25)11-16(22)21(17)28-13-14-5-3-2-4-6-14/h2-7,10-12H,8-9,13H2,1H3/b10-7+. The SMILES string of the molecule is COc1cc(/C=C/C(=O)ON2C(=O)CCC2=O)cc(Br)c1OCc1ccccc1. The topological polar surface area (TPSA) is 82.1 Å². The third-order valence-corrected chi connectivity index (χ3v) is 4.67. The Morgan fingerprint density at radius 3 is 2.48 bits per heavy atom. The van der Waals surface area contributed by atoms with E-state index in [4.69, 9.17) is 14.3 Å². The van der Waals surface area contributed by atoms with Crippen LogP contribution in [0.4, 0.5) is 0 Å². The zero-order valence-corrected chi connectivity index (χ0v) is 17.2. The normalized spacial score (nSPS) is 13.8. The Labute approximate surface area is 175 Å². The van der Waals surface area contributed by atoms with Crippen LogP contribution in [-0.4, -0.2) is 30.0 Å². The van der Waals surface area contributed by atoms with Gasteiger partial charge in [0.25, 0.3) is 11.8 Å². The van der Waals surface area contributed by atoms with Crippen molar-refractivity contribution < 1.29 is 28.7 Å². The molecule has 0 saturated carbocycles. The summed E-state index contributed by atoms with van der Waals surface area (Å²) in [5.74, 6) is -0.868. The van der Waals surface area contributed by atoms with Crippen LogP contribution in [0.2, 0.25) is 0 Å². The van der Waals surface area contributed by atoms with Crippen LogP contribution < -0.4 is 9.47 Å². The second-order valence-corrected chi connectivity index (χ2v) is 6.99. The molecule has 1 aliphatic heterocycles. The van der Waals surface area contributed by atoms with Crippen molar-refractivity contribution in [1.82, 2.24) is 5.06 Å². The Bertz CT molecular complexity index is 941. The molecule has 150 valence electrons. The Morgan fingerprint density at radius 2 is 1.83 bits per heavy atom. The molecule has 2 amide bonds. The molecular formula is C21H18BrNO6. The number of ether oxygens (including phenoxy) is 2. The van der Waals surface area contributed by atoms with Crippen LogP contribution in [0.15, 0.2) is 53.0 Å². The monoisotopic (exact) mass is 459 g/mol. The number of amides is 2. The van der Waals surface area contributed by atoms with Gasteiger partial charge in [-0.15, -0.1) is 5.06 Å². The van der Waals surface area contributed by atoms with E-state index in [-0.39, 0.29) is 12.8 Å². The summed E-state index contributed by atoms with van der Waals surface area (Å²) < 4.78 is 11.9. The Hall–Kier alpha value is -3.13. The lowest BCUT2D eigenvalue weighted by Crippen LogP contribution is -2.31. The molecule has 0 bridgehead atoms. The number of carbonyl (C=O) groups is 3. The zero-order valence-electron chi connectivity index (χ0n) is 15.6. The molecule has 1 fully saturated rings. The highest BCUT2D eigenvalue weighted by atomic mass is 79.9. The number of carbonyl (C=O) groups excluding carboxylic acids is 3. The maximum Gasteiger partial charge on any atom is 0.356 e. The molecule has 0 N–H and O–H groups in total. The van der Waals surface area contributed by atoms with Crippen LogP contribution in [0.25, 0.3) is 6.08 Å². The quantitative estimate of drug-likeness (QED) is 0.464. The van der Waals surface area contributed by atoms with Crippen molar-refractivity contribution in [2.45, 2.75) is 19.4 Å². The van der Waals surface area contributed by atoms with E-state index in [9.17, 15) is 14.4 Å². The lowest BCUT2D eigenvalue weighted by molar-refractivity contribution is -0.193. The van der Waals surface area contributed by atoms with Crippen molar-refractivity contribution in [3.05, 3.63) is 64.1 Å². The first-order chi connectivity index (χ1) is 14.0. The molecule has 0 unspecified atom stereocenters. The molecule has 3 rings (SSSR count). The van der Waals surface area contributed by atoms with Crippen molar-refractivity contribution in [1.29, 1.82) is 0 Å². The third-order valence-electron chi connectivity index (χ3n) is 4.08. The number of hydroxylamine groups is 2. The molecule has 0 atom stereocenters. The first-order valence-electron chi connectivity index (χ1n) is 8.78. The van der Waals surface area contributed by atoms with Crippen molar-refractivity contribution in [2.75, 3.05) is 7.11 Å². The third kappa shape index (κ3) is 5.23. The lowest BCUT2D eigenvalue weighted by atomic mass is 10.2. The van der Waals surface area contributed by atoms with Gasteiger partial charge in [-0.25, -0.2) is 4.79 Å². The Balaban J connectivity index is 1.69. The predicted octanol–water partition coefficient (Wildman–Crippen LogP) is 3.66. The van der Waals surface area contributed by atoms with Gasteiger partial charge in [0, 0.05) is 18.9 Å². The summed E-state index contributed by atoms with van der Waals surface area (Å²) in [6, 6.07) is 13.2. The summed E-state index contributed by atoms with van der Waals surface area (Å²) >= 11 is 3.45. The summed E-state index contributed by atoms with van der Waals surface area (Å²) in [6.07, 6.45) is 2.71. The first-order valence-corrected chi connectivity index (χ1v) is 9.57. The van der Waals surface area contributed by atoms with Crippen molar-refractivity contribution in [3.63, 3.8) is 0 Å². The summed E-state index contributed by atoms with van der Waals surface area (Å²) in [6.45, 7) is 0.370. The van der Waals surface area contributed by atoms with Crippen LogP contribution in [0.5, 0.6) is 11.5 Å². The first kappa shape index (κ1) is 20.6. The number of methoxy groups -OCH3 is 1. The number of hydrogen-bond acceptors (Lipinski definition) is 6.